The average molecular weight is 177 g/mol. The predicted molar refractivity (Wildman–Crippen MR) is 51.4 cm³/mol. The maximum absolute atomic E-state index is 4.10. The molecular weight excluding hydrogens is 162 g/mol. The van der Waals surface area contributed by atoms with Crippen molar-refractivity contribution in [2.45, 2.75) is 25.3 Å². The minimum Gasteiger partial charge on any atom is -0.303 e. The second-order valence-corrected chi connectivity index (χ2v) is 3.70. The van der Waals surface area contributed by atoms with Crippen molar-refractivity contribution in [2.24, 2.45) is 0 Å². The minimum absolute atomic E-state index is 0.677. The fraction of sp³-hybridized carbons (Fsp3) is 0.600. The molecule has 0 bridgehead atoms. The molecule has 2 rings (SSSR count). The van der Waals surface area contributed by atoms with Crippen LogP contribution in [0.3, 0.4) is 0 Å². The van der Waals surface area contributed by atoms with Crippen LogP contribution in [0.5, 0.6) is 0 Å². The molecule has 3 heteroatoms. The van der Waals surface area contributed by atoms with Gasteiger partial charge in [0.15, 0.2) is 0 Å². The third-order valence-corrected chi connectivity index (χ3v) is 2.74. The van der Waals surface area contributed by atoms with Crippen molar-refractivity contribution in [1.29, 1.82) is 0 Å². The molecule has 13 heavy (non-hydrogen) atoms. The predicted octanol–water partition coefficient (Wildman–Crippen LogP) is 1.11. The topological polar surface area (TPSA) is 29.0 Å². The molecule has 0 spiro atoms. The van der Waals surface area contributed by atoms with Crippen molar-refractivity contribution in [3.63, 3.8) is 0 Å². The van der Waals surface area contributed by atoms with E-state index >= 15 is 0 Å². The van der Waals surface area contributed by atoms with Gasteiger partial charge in [-0.2, -0.15) is 10.2 Å². The van der Waals surface area contributed by atoms with E-state index in [0.717, 1.165) is 12.1 Å². The Balaban J connectivity index is 1.98. The Kier molecular flexibility index (Phi) is 2.54. The molecule has 1 aliphatic rings. The fourth-order valence-corrected chi connectivity index (χ4v) is 1.92. The first-order valence-electron chi connectivity index (χ1n) is 4.83. The summed E-state index contributed by atoms with van der Waals surface area (Å²) in [5, 5.41) is 7.98. The molecular formula is C10H15N3. The van der Waals surface area contributed by atoms with E-state index in [2.05, 4.69) is 28.2 Å². The van der Waals surface area contributed by atoms with Gasteiger partial charge in [0, 0.05) is 18.7 Å². The molecule has 1 aromatic rings. The largest absolute Gasteiger partial charge is 0.303 e. The van der Waals surface area contributed by atoms with Crippen LogP contribution in [0.25, 0.3) is 0 Å². The molecule has 1 atom stereocenters. The zero-order chi connectivity index (χ0) is 9.10. The van der Waals surface area contributed by atoms with Gasteiger partial charge in [0.2, 0.25) is 0 Å². The van der Waals surface area contributed by atoms with E-state index in [1.807, 2.05) is 6.07 Å². The normalized spacial score (nSPS) is 23.6. The van der Waals surface area contributed by atoms with Gasteiger partial charge >= 0.3 is 0 Å². The average Bonchev–Trinajstić information content (AvgIpc) is 2.54. The van der Waals surface area contributed by atoms with Crippen molar-refractivity contribution < 1.29 is 0 Å². The molecule has 0 aliphatic carbocycles. The molecule has 0 radical (unpaired) electrons. The lowest BCUT2D eigenvalue weighted by Crippen LogP contribution is -2.27. The van der Waals surface area contributed by atoms with E-state index in [4.69, 9.17) is 0 Å². The lowest BCUT2D eigenvalue weighted by Gasteiger charge is -2.18. The fourth-order valence-electron chi connectivity index (χ4n) is 1.92. The number of aromatic nitrogens is 2. The Bertz CT molecular complexity index is 260. The van der Waals surface area contributed by atoms with Crippen molar-refractivity contribution in [1.82, 2.24) is 15.1 Å². The van der Waals surface area contributed by atoms with Crippen molar-refractivity contribution in [3.05, 3.63) is 24.0 Å². The third kappa shape index (κ3) is 2.04. The van der Waals surface area contributed by atoms with Crippen molar-refractivity contribution >= 4 is 0 Å². The van der Waals surface area contributed by atoms with Crippen LogP contribution in [-0.2, 0) is 6.42 Å². The van der Waals surface area contributed by atoms with Crippen LogP contribution in [0.2, 0.25) is 0 Å². The Morgan fingerprint density at radius 1 is 1.62 bits per heavy atom. The number of nitrogens with zero attached hydrogens (tertiary/aromatic N) is 3. The van der Waals surface area contributed by atoms with Crippen molar-refractivity contribution in [2.75, 3.05) is 13.6 Å². The molecule has 70 valence electrons. The van der Waals surface area contributed by atoms with Crippen LogP contribution >= 0.6 is 0 Å². The number of likely N-dealkylation sites (N-methyl/N-ethyl adjacent to an activating group) is 1. The Labute approximate surface area is 78.8 Å². The van der Waals surface area contributed by atoms with E-state index in [9.17, 15) is 0 Å². The van der Waals surface area contributed by atoms with Crippen LogP contribution in [0.4, 0.5) is 0 Å². The first kappa shape index (κ1) is 8.63. The monoisotopic (exact) mass is 177 g/mol. The Morgan fingerprint density at radius 2 is 2.54 bits per heavy atom. The maximum atomic E-state index is 4.10. The molecule has 0 aromatic carbocycles. The number of hydrogen-bond donors (Lipinski definition) is 0. The summed E-state index contributed by atoms with van der Waals surface area (Å²) in [6.45, 7) is 1.23. The summed E-state index contributed by atoms with van der Waals surface area (Å²) in [5.74, 6) is 0. The van der Waals surface area contributed by atoms with E-state index in [1.165, 1.54) is 19.4 Å². The molecule has 0 saturated carbocycles. The van der Waals surface area contributed by atoms with Gasteiger partial charge in [-0.05, 0) is 38.6 Å². The number of hydrogen-bond acceptors (Lipinski definition) is 3. The zero-order valence-electron chi connectivity index (χ0n) is 7.98. The standard InChI is InChI=1S/C10H15N3/c1-13-7-3-5-10(13)8-9-4-2-6-11-12-9/h2,4,6,10H,3,5,7-8H2,1H3. The lowest BCUT2D eigenvalue weighted by molar-refractivity contribution is 0.307. The summed E-state index contributed by atoms with van der Waals surface area (Å²) in [5.41, 5.74) is 1.11. The quantitative estimate of drug-likeness (QED) is 0.677. The van der Waals surface area contributed by atoms with Gasteiger partial charge < -0.3 is 4.90 Å². The van der Waals surface area contributed by atoms with Crippen LogP contribution in [0.15, 0.2) is 18.3 Å². The van der Waals surface area contributed by atoms with Gasteiger partial charge in [-0.25, -0.2) is 0 Å². The second-order valence-electron chi connectivity index (χ2n) is 3.70. The Morgan fingerprint density at radius 3 is 3.15 bits per heavy atom. The van der Waals surface area contributed by atoms with Gasteiger partial charge in [0.1, 0.15) is 0 Å². The number of likely N-dealkylation sites (tertiary alicyclic amines) is 1. The van der Waals surface area contributed by atoms with Crippen molar-refractivity contribution in [3.8, 4) is 0 Å². The third-order valence-electron chi connectivity index (χ3n) is 2.74. The molecule has 1 unspecified atom stereocenters. The van der Waals surface area contributed by atoms with E-state index in [0.29, 0.717) is 6.04 Å². The minimum atomic E-state index is 0.677. The maximum Gasteiger partial charge on any atom is 0.0646 e. The molecule has 0 N–H and O–H groups in total. The molecule has 1 fully saturated rings. The summed E-state index contributed by atoms with van der Waals surface area (Å²) in [7, 11) is 2.19. The highest BCUT2D eigenvalue weighted by Crippen LogP contribution is 2.17. The first-order valence-corrected chi connectivity index (χ1v) is 4.83. The van der Waals surface area contributed by atoms with E-state index in [-0.39, 0.29) is 0 Å². The number of rotatable bonds is 2. The molecule has 2 heterocycles. The molecule has 0 amide bonds. The van der Waals surface area contributed by atoms with Gasteiger partial charge in [0.05, 0.1) is 5.69 Å². The molecule has 3 nitrogen and oxygen atoms in total. The molecule has 1 aliphatic heterocycles. The SMILES string of the molecule is CN1CCCC1Cc1cccnn1. The van der Waals surface area contributed by atoms with Gasteiger partial charge in [0.25, 0.3) is 0 Å². The zero-order valence-corrected chi connectivity index (χ0v) is 7.98. The first-order chi connectivity index (χ1) is 6.36. The lowest BCUT2D eigenvalue weighted by atomic mass is 10.1. The van der Waals surface area contributed by atoms with Crippen LogP contribution < -0.4 is 0 Å². The summed E-state index contributed by atoms with van der Waals surface area (Å²) in [4.78, 5) is 2.41. The van der Waals surface area contributed by atoms with Gasteiger partial charge in [-0.15, -0.1) is 0 Å². The van der Waals surface area contributed by atoms with Gasteiger partial charge in [-0.3, -0.25) is 0 Å². The van der Waals surface area contributed by atoms with Crippen LogP contribution in [0, 0.1) is 0 Å². The molecule has 1 saturated heterocycles. The summed E-state index contributed by atoms with van der Waals surface area (Å²) in [6.07, 6.45) is 5.39. The smallest absolute Gasteiger partial charge is 0.0646 e. The van der Waals surface area contributed by atoms with Gasteiger partial charge in [-0.1, -0.05) is 0 Å². The van der Waals surface area contributed by atoms with Crippen LogP contribution in [0.1, 0.15) is 18.5 Å². The Hall–Kier alpha value is -0.960. The summed E-state index contributed by atoms with van der Waals surface area (Å²) >= 11 is 0. The highest BCUT2D eigenvalue weighted by Gasteiger charge is 2.21. The van der Waals surface area contributed by atoms with E-state index in [1.54, 1.807) is 6.20 Å². The van der Waals surface area contributed by atoms with Crippen LogP contribution in [-0.4, -0.2) is 34.7 Å². The highest BCUT2D eigenvalue weighted by atomic mass is 15.2. The second kappa shape index (κ2) is 3.83. The molecule has 1 aromatic heterocycles. The summed E-state index contributed by atoms with van der Waals surface area (Å²) < 4.78 is 0. The highest BCUT2D eigenvalue weighted by molar-refractivity contribution is 5.02. The summed E-state index contributed by atoms with van der Waals surface area (Å²) in [6, 6.07) is 4.69. The van der Waals surface area contributed by atoms with E-state index < -0.39 is 0 Å².